The molecule has 2 heterocycles. The lowest BCUT2D eigenvalue weighted by Gasteiger charge is -2.31. The Balaban J connectivity index is 1.78. The molecule has 0 bridgehead atoms. The second kappa shape index (κ2) is 8.54. The Kier molecular flexibility index (Phi) is 5.94. The number of nitrogens with one attached hydrogen (secondary N) is 2. The summed E-state index contributed by atoms with van der Waals surface area (Å²) in [4.78, 5) is 24.1. The molecule has 1 aromatic carbocycles. The van der Waals surface area contributed by atoms with Crippen molar-refractivity contribution in [1.82, 2.24) is 15.0 Å². The van der Waals surface area contributed by atoms with Crippen molar-refractivity contribution in [2.45, 2.75) is 64.0 Å². The van der Waals surface area contributed by atoms with Crippen LogP contribution in [0.2, 0.25) is 0 Å². The van der Waals surface area contributed by atoms with Gasteiger partial charge in [0.15, 0.2) is 0 Å². The number of halogens is 3. The number of rotatable bonds is 5. The zero-order valence-electron chi connectivity index (χ0n) is 17.9. The van der Waals surface area contributed by atoms with E-state index in [4.69, 9.17) is 0 Å². The van der Waals surface area contributed by atoms with Crippen LogP contribution in [0.4, 0.5) is 19.0 Å². The number of aromatic amines is 1. The number of pyridine rings is 1. The van der Waals surface area contributed by atoms with Gasteiger partial charge in [0.1, 0.15) is 23.1 Å². The van der Waals surface area contributed by atoms with Gasteiger partial charge in [0.05, 0.1) is 22.6 Å². The van der Waals surface area contributed by atoms with Crippen molar-refractivity contribution in [3.05, 3.63) is 63.0 Å². The largest absolute Gasteiger partial charge is 0.385 e. The monoisotopic (exact) mass is 446 g/mol. The highest BCUT2D eigenvalue weighted by atomic mass is 19.3. The van der Waals surface area contributed by atoms with Crippen LogP contribution in [-0.4, -0.2) is 20.1 Å². The zero-order valence-corrected chi connectivity index (χ0v) is 17.9. The topological polar surface area (TPSA) is 90.9 Å². The highest BCUT2D eigenvalue weighted by Gasteiger charge is 2.34. The van der Waals surface area contributed by atoms with E-state index in [0.29, 0.717) is 29.9 Å². The minimum Gasteiger partial charge on any atom is -0.385 e. The van der Waals surface area contributed by atoms with Gasteiger partial charge in [0.2, 0.25) is 0 Å². The van der Waals surface area contributed by atoms with Crippen molar-refractivity contribution in [2.75, 3.05) is 5.32 Å². The molecule has 4 rings (SSSR count). The summed E-state index contributed by atoms with van der Waals surface area (Å²) in [7, 11) is 0. The van der Waals surface area contributed by atoms with E-state index in [1.54, 1.807) is 19.9 Å². The molecule has 3 N–H and O–H groups in total. The van der Waals surface area contributed by atoms with E-state index in [1.807, 2.05) is 0 Å². The molecule has 2 aromatic heterocycles. The van der Waals surface area contributed by atoms with Gasteiger partial charge in [0, 0.05) is 11.1 Å². The number of fused-ring (bicyclic) bond motifs is 1. The van der Waals surface area contributed by atoms with Gasteiger partial charge in [-0.1, -0.05) is 37.5 Å². The molecule has 0 spiro atoms. The van der Waals surface area contributed by atoms with Crippen LogP contribution in [0, 0.1) is 12.7 Å². The predicted molar refractivity (Wildman–Crippen MR) is 115 cm³/mol. The quantitative estimate of drug-likeness (QED) is 0.512. The average Bonchev–Trinajstić information content (AvgIpc) is 2.73. The third kappa shape index (κ3) is 4.09. The van der Waals surface area contributed by atoms with Crippen LogP contribution in [0.5, 0.6) is 0 Å². The van der Waals surface area contributed by atoms with E-state index in [9.17, 15) is 23.1 Å². The lowest BCUT2D eigenvalue weighted by molar-refractivity contribution is -0.00176. The fraction of sp³-hybridized carbons (Fsp3) is 0.435. The SMILES string of the molecule is Cc1nc(N[C@H](C)c2cccc(C(F)F)c2F)c2cc(C3(O)CCCCC3)c(=O)[nH]c2n1. The van der Waals surface area contributed by atoms with Crippen LogP contribution in [0.15, 0.2) is 29.1 Å². The maximum atomic E-state index is 14.6. The second-order valence-electron chi connectivity index (χ2n) is 8.40. The number of anilines is 1. The number of nitrogens with zero attached hydrogens (tertiary/aromatic N) is 2. The van der Waals surface area contributed by atoms with Crippen LogP contribution < -0.4 is 10.9 Å². The predicted octanol–water partition coefficient (Wildman–Crippen LogP) is 5.03. The molecule has 0 unspecified atom stereocenters. The Morgan fingerprint density at radius 3 is 2.53 bits per heavy atom. The first-order valence-corrected chi connectivity index (χ1v) is 10.7. The Morgan fingerprint density at radius 1 is 1.16 bits per heavy atom. The summed E-state index contributed by atoms with van der Waals surface area (Å²) in [5.41, 5.74) is -1.70. The van der Waals surface area contributed by atoms with E-state index in [1.165, 1.54) is 12.1 Å². The first-order valence-electron chi connectivity index (χ1n) is 10.7. The first kappa shape index (κ1) is 22.3. The maximum absolute atomic E-state index is 14.6. The summed E-state index contributed by atoms with van der Waals surface area (Å²) in [5.74, 6) is -0.282. The average molecular weight is 446 g/mol. The number of aryl methyl sites for hydroxylation is 1. The Bertz CT molecular complexity index is 1210. The van der Waals surface area contributed by atoms with Crippen molar-refractivity contribution < 1.29 is 18.3 Å². The highest BCUT2D eigenvalue weighted by Crippen LogP contribution is 2.37. The van der Waals surface area contributed by atoms with Crippen LogP contribution >= 0.6 is 0 Å². The summed E-state index contributed by atoms with van der Waals surface area (Å²) in [6, 6.07) is 4.77. The molecule has 170 valence electrons. The molecule has 0 aliphatic heterocycles. The van der Waals surface area contributed by atoms with Crippen molar-refractivity contribution in [3.8, 4) is 0 Å². The van der Waals surface area contributed by atoms with Gasteiger partial charge in [-0.05, 0) is 32.8 Å². The molecular weight excluding hydrogens is 421 g/mol. The molecule has 1 aliphatic carbocycles. The van der Waals surface area contributed by atoms with Crippen LogP contribution in [-0.2, 0) is 5.60 Å². The van der Waals surface area contributed by atoms with Crippen molar-refractivity contribution in [1.29, 1.82) is 0 Å². The summed E-state index contributed by atoms with van der Waals surface area (Å²) in [6.45, 7) is 3.28. The first-order chi connectivity index (χ1) is 15.2. The van der Waals surface area contributed by atoms with Gasteiger partial charge >= 0.3 is 0 Å². The Labute approximate surface area is 182 Å². The van der Waals surface area contributed by atoms with Gasteiger partial charge in [-0.15, -0.1) is 0 Å². The molecule has 6 nitrogen and oxygen atoms in total. The van der Waals surface area contributed by atoms with Gasteiger partial charge in [-0.25, -0.2) is 23.1 Å². The van der Waals surface area contributed by atoms with Crippen LogP contribution in [0.1, 0.15) is 74.0 Å². The molecule has 1 saturated carbocycles. The lowest BCUT2D eigenvalue weighted by atomic mass is 9.80. The number of benzene rings is 1. The van der Waals surface area contributed by atoms with Gasteiger partial charge in [-0.2, -0.15) is 0 Å². The molecule has 1 aliphatic rings. The summed E-state index contributed by atoms with van der Waals surface area (Å²) >= 11 is 0. The number of aromatic nitrogens is 3. The van der Waals surface area contributed by atoms with Crippen molar-refractivity contribution in [2.24, 2.45) is 0 Å². The smallest absolute Gasteiger partial charge is 0.266 e. The number of alkyl halides is 2. The summed E-state index contributed by atoms with van der Waals surface area (Å²) in [5, 5.41) is 14.6. The van der Waals surface area contributed by atoms with Crippen molar-refractivity contribution >= 4 is 16.9 Å². The van der Waals surface area contributed by atoms with E-state index in [-0.39, 0.29) is 16.8 Å². The van der Waals surface area contributed by atoms with Crippen molar-refractivity contribution in [3.63, 3.8) is 0 Å². The fourth-order valence-electron chi connectivity index (χ4n) is 4.41. The summed E-state index contributed by atoms with van der Waals surface area (Å²) < 4.78 is 40.9. The van der Waals surface area contributed by atoms with E-state index < -0.39 is 35.0 Å². The molecular formula is C23H25F3N4O2. The van der Waals surface area contributed by atoms with Crippen LogP contribution in [0.25, 0.3) is 11.0 Å². The number of aliphatic hydroxyl groups is 1. The molecule has 1 fully saturated rings. The van der Waals surface area contributed by atoms with Crippen LogP contribution in [0.3, 0.4) is 0 Å². The molecule has 0 radical (unpaired) electrons. The zero-order chi connectivity index (χ0) is 23.0. The maximum Gasteiger partial charge on any atom is 0.266 e. The molecule has 3 aromatic rings. The Hall–Kier alpha value is -2.94. The van der Waals surface area contributed by atoms with Gasteiger partial charge in [-0.3, -0.25) is 4.79 Å². The third-order valence-electron chi connectivity index (χ3n) is 6.12. The molecule has 0 amide bonds. The van der Waals surface area contributed by atoms with E-state index >= 15 is 0 Å². The highest BCUT2D eigenvalue weighted by molar-refractivity contribution is 5.87. The van der Waals surface area contributed by atoms with E-state index in [0.717, 1.165) is 25.3 Å². The molecule has 9 heteroatoms. The summed E-state index contributed by atoms with van der Waals surface area (Å²) in [6.07, 6.45) is 0.690. The van der Waals surface area contributed by atoms with Gasteiger partial charge < -0.3 is 15.4 Å². The third-order valence-corrected chi connectivity index (χ3v) is 6.12. The minimum absolute atomic E-state index is 0.0720. The minimum atomic E-state index is -2.92. The molecule has 1 atom stereocenters. The number of hydrogen-bond donors (Lipinski definition) is 3. The Morgan fingerprint density at radius 2 is 1.84 bits per heavy atom. The fourth-order valence-corrected chi connectivity index (χ4v) is 4.41. The van der Waals surface area contributed by atoms with E-state index in [2.05, 4.69) is 20.3 Å². The number of hydrogen-bond acceptors (Lipinski definition) is 5. The standard InChI is InChI=1S/C23H25F3N4O2/c1-12(14-7-6-8-15(18(14)24)19(25)26)27-20-16-11-17(23(32)9-4-3-5-10-23)22(31)30-21(16)29-13(2)28-20/h6-8,11-12,19,32H,3-5,9-10H2,1-2H3,(H2,27,28,29,30,31)/t12-/m1/s1. The van der Waals surface area contributed by atoms with Gasteiger partial charge in [0.25, 0.3) is 12.0 Å². The second-order valence-corrected chi connectivity index (χ2v) is 8.40. The lowest BCUT2D eigenvalue weighted by Crippen LogP contribution is -2.35. The molecule has 32 heavy (non-hydrogen) atoms. The molecule has 0 saturated heterocycles. The number of H-pyrrole nitrogens is 1. The normalized spacial score (nSPS) is 17.0.